The molecule has 0 bridgehead atoms. The van der Waals surface area contributed by atoms with Crippen LogP contribution in [0.2, 0.25) is 0 Å². The van der Waals surface area contributed by atoms with Crippen molar-refractivity contribution < 1.29 is 4.42 Å². The fourth-order valence-corrected chi connectivity index (χ4v) is 2.74. The van der Waals surface area contributed by atoms with Gasteiger partial charge in [0.05, 0.1) is 5.57 Å². The van der Waals surface area contributed by atoms with E-state index in [1.54, 1.807) is 6.92 Å². The van der Waals surface area contributed by atoms with Crippen LogP contribution in [0.5, 0.6) is 0 Å². The molecule has 0 spiro atoms. The Labute approximate surface area is 160 Å². The molecule has 1 heterocycles. The van der Waals surface area contributed by atoms with Gasteiger partial charge in [-0.05, 0) is 48.6 Å². The monoisotopic (exact) mass is 359 g/mol. The maximum absolute atomic E-state index is 9.24. The van der Waals surface area contributed by atoms with Gasteiger partial charge in [0.25, 0.3) is 0 Å². The second-order valence-corrected chi connectivity index (χ2v) is 6.47. The first-order chi connectivity index (χ1) is 12.8. The van der Waals surface area contributed by atoms with E-state index in [0.29, 0.717) is 22.7 Å². The molecular formula is C23H25N3O. The predicted molar refractivity (Wildman–Crippen MR) is 112 cm³/mol. The van der Waals surface area contributed by atoms with Crippen LogP contribution in [0.15, 0.2) is 64.4 Å². The molecule has 2 aromatic rings. The molecule has 0 fully saturated rings. The van der Waals surface area contributed by atoms with E-state index in [2.05, 4.69) is 36.3 Å². The van der Waals surface area contributed by atoms with Gasteiger partial charge in [-0.15, -0.1) is 0 Å². The fourth-order valence-electron chi connectivity index (χ4n) is 2.74. The number of benzene rings is 1. The molecule has 138 valence electrons. The Kier molecular flexibility index (Phi) is 6.10. The Morgan fingerprint density at radius 3 is 2.48 bits per heavy atom. The largest absolute Gasteiger partial charge is 0.456 e. The Morgan fingerprint density at radius 1 is 1.26 bits per heavy atom. The van der Waals surface area contributed by atoms with Gasteiger partial charge in [-0.25, -0.2) is 0 Å². The van der Waals surface area contributed by atoms with E-state index >= 15 is 0 Å². The van der Waals surface area contributed by atoms with Gasteiger partial charge in [-0.3, -0.25) is 0 Å². The van der Waals surface area contributed by atoms with E-state index < -0.39 is 0 Å². The molecule has 1 aromatic carbocycles. The highest BCUT2D eigenvalue weighted by molar-refractivity contribution is 5.73. The minimum atomic E-state index is 0.230. The average Bonchev–Trinajstić information content (AvgIpc) is 3.10. The van der Waals surface area contributed by atoms with Gasteiger partial charge in [0.15, 0.2) is 0 Å². The molecule has 1 aromatic heterocycles. The van der Waals surface area contributed by atoms with Crippen molar-refractivity contribution in [3.8, 4) is 17.4 Å². The zero-order chi connectivity index (χ0) is 20.1. The van der Waals surface area contributed by atoms with Crippen molar-refractivity contribution in [1.82, 2.24) is 4.90 Å². The van der Waals surface area contributed by atoms with Gasteiger partial charge in [-0.2, -0.15) is 5.26 Å². The van der Waals surface area contributed by atoms with Crippen LogP contribution >= 0.6 is 0 Å². The second-order valence-electron chi connectivity index (χ2n) is 6.47. The molecule has 0 saturated carbocycles. The van der Waals surface area contributed by atoms with Crippen molar-refractivity contribution in [2.75, 3.05) is 14.1 Å². The molecule has 4 heteroatoms. The van der Waals surface area contributed by atoms with E-state index in [-0.39, 0.29) is 5.70 Å². The minimum Gasteiger partial charge on any atom is -0.456 e. The number of rotatable bonds is 5. The van der Waals surface area contributed by atoms with Crippen molar-refractivity contribution in [1.29, 1.82) is 5.26 Å². The van der Waals surface area contributed by atoms with Crippen LogP contribution in [-0.2, 0) is 0 Å². The first-order valence-electron chi connectivity index (χ1n) is 8.59. The normalized spacial score (nSPS) is 13.1. The molecule has 0 radical (unpaired) electrons. The van der Waals surface area contributed by atoms with Crippen LogP contribution in [0.3, 0.4) is 0 Å². The van der Waals surface area contributed by atoms with Crippen LogP contribution in [-0.4, -0.2) is 19.0 Å². The van der Waals surface area contributed by atoms with Crippen LogP contribution < -0.4 is 16.2 Å². The molecule has 0 atom stereocenters. The quantitative estimate of drug-likeness (QED) is 0.656. The van der Waals surface area contributed by atoms with Gasteiger partial charge in [-0.1, -0.05) is 31.4 Å². The van der Waals surface area contributed by atoms with E-state index in [1.807, 2.05) is 51.4 Å². The number of furan rings is 1. The molecule has 0 amide bonds. The van der Waals surface area contributed by atoms with Gasteiger partial charge >= 0.3 is 0 Å². The molecule has 0 aliphatic heterocycles. The van der Waals surface area contributed by atoms with Crippen LogP contribution in [0.4, 0.5) is 0 Å². The lowest BCUT2D eigenvalue weighted by molar-refractivity contribution is 0.536. The first-order valence-corrected chi connectivity index (χ1v) is 8.59. The Bertz CT molecular complexity index is 1080. The van der Waals surface area contributed by atoms with Crippen LogP contribution in [0.1, 0.15) is 19.6 Å². The molecule has 0 aliphatic carbocycles. The number of hydrogen-bond acceptors (Lipinski definition) is 4. The summed E-state index contributed by atoms with van der Waals surface area (Å²) in [5, 5.41) is 11.2. The zero-order valence-electron chi connectivity index (χ0n) is 16.3. The number of allylic oxidation sites excluding steroid dienone is 4. The SMILES string of the molecule is C=C(N)/C(C#N)=C(\C)c1ccc(-c2cc/c(=C/C(=CC)N(C)C)c(=C)c2)o1. The molecule has 27 heavy (non-hydrogen) atoms. The molecule has 2 N–H and O–H groups in total. The van der Waals surface area contributed by atoms with E-state index in [4.69, 9.17) is 10.2 Å². The lowest BCUT2D eigenvalue weighted by atomic mass is 10.1. The molecule has 4 nitrogen and oxygen atoms in total. The average molecular weight is 359 g/mol. The second kappa shape index (κ2) is 8.29. The molecule has 2 rings (SSSR count). The lowest BCUT2D eigenvalue weighted by Gasteiger charge is -2.12. The standard InChI is InChI=1S/C23H25N3O/c1-7-20(26(5)6)13-18-8-9-19(12-15(18)2)23-11-10-22(27-23)16(3)21(14-24)17(4)25/h7-13H,2,4,25H2,1,3,5-6H3/b18-13-,20-7?,21-16+. The maximum atomic E-state index is 9.24. The van der Waals surface area contributed by atoms with E-state index in [1.165, 1.54) is 0 Å². The third kappa shape index (κ3) is 4.39. The maximum Gasteiger partial charge on any atom is 0.134 e. The highest BCUT2D eigenvalue weighted by Crippen LogP contribution is 2.27. The summed E-state index contributed by atoms with van der Waals surface area (Å²) < 4.78 is 5.94. The third-order valence-corrected chi connectivity index (χ3v) is 4.33. The fraction of sp³-hybridized carbons (Fsp3) is 0.174. The summed E-state index contributed by atoms with van der Waals surface area (Å²) in [7, 11) is 4.02. The highest BCUT2D eigenvalue weighted by atomic mass is 16.3. The minimum absolute atomic E-state index is 0.230. The van der Waals surface area contributed by atoms with Gasteiger partial charge in [0.1, 0.15) is 17.6 Å². The van der Waals surface area contributed by atoms with Gasteiger partial charge in [0.2, 0.25) is 0 Å². The molecule has 0 unspecified atom stereocenters. The molecular weight excluding hydrogens is 334 g/mol. The molecule has 0 aliphatic rings. The van der Waals surface area contributed by atoms with Gasteiger partial charge < -0.3 is 15.1 Å². The summed E-state index contributed by atoms with van der Waals surface area (Å²) in [5.41, 5.74) is 8.94. The first kappa shape index (κ1) is 19.9. The molecule has 0 saturated heterocycles. The van der Waals surface area contributed by atoms with Crippen molar-refractivity contribution in [3.05, 3.63) is 76.2 Å². The Balaban J connectivity index is 2.46. The summed E-state index contributed by atoms with van der Waals surface area (Å²) in [6.45, 7) is 11.6. The van der Waals surface area contributed by atoms with Gasteiger partial charge in [0, 0.05) is 36.6 Å². The third-order valence-electron chi connectivity index (χ3n) is 4.33. The number of nitrogens with zero attached hydrogens (tertiary/aromatic N) is 2. The summed E-state index contributed by atoms with van der Waals surface area (Å²) in [4.78, 5) is 2.05. The topological polar surface area (TPSA) is 66.2 Å². The van der Waals surface area contributed by atoms with Crippen molar-refractivity contribution in [2.45, 2.75) is 13.8 Å². The predicted octanol–water partition coefficient (Wildman–Crippen LogP) is 3.37. The number of nitrogens with two attached hydrogens (primary N) is 1. The highest BCUT2D eigenvalue weighted by Gasteiger charge is 2.11. The Hall–Kier alpha value is -3.45. The van der Waals surface area contributed by atoms with Crippen molar-refractivity contribution >= 4 is 18.2 Å². The lowest BCUT2D eigenvalue weighted by Crippen LogP contribution is -2.24. The number of nitriles is 1. The van der Waals surface area contributed by atoms with Crippen molar-refractivity contribution in [2.24, 2.45) is 5.73 Å². The summed E-state index contributed by atoms with van der Waals surface area (Å²) in [6, 6.07) is 11.8. The summed E-state index contributed by atoms with van der Waals surface area (Å²) in [6.07, 6.45) is 4.15. The number of hydrogen-bond donors (Lipinski definition) is 1. The summed E-state index contributed by atoms with van der Waals surface area (Å²) in [5.74, 6) is 1.30. The van der Waals surface area contributed by atoms with E-state index in [0.717, 1.165) is 21.7 Å². The van der Waals surface area contributed by atoms with Crippen molar-refractivity contribution in [3.63, 3.8) is 0 Å². The van der Waals surface area contributed by atoms with Crippen LogP contribution in [0, 0.1) is 11.3 Å². The van der Waals surface area contributed by atoms with E-state index in [9.17, 15) is 5.26 Å². The smallest absolute Gasteiger partial charge is 0.134 e. The zero-order valence-corrected chi connectivity index (χ0v) is 16.3. The van der Waals surface area contributed by atoms with Crippen LogP contribution in [0.25, 0.3) is 29.6 Å². The summed E-state index contributed by atoms with van der Waals surface area (Å²) >= 11 is 0. The Morgan fingerprint density at radius 2 is 1.96 bits per heavy atom.